The second kappa shape index (κ2) is 5.85. The SMILES string of the molecule is Cc1cc(C(=O)N(C)CC(C)(C)CN)ccc1Br. The zero-order valence-corrected chi connectivity index (χ0v) is 13.0. The van der Waals surface area contributed by atoms with Crippen LogP contribution in [0.4, 0.5) is 0 Å². The Bertz CT molecular complexity index is 443. The molecule has 0 aliphatic rings. The molecule has 0 aliphatic heterocycles. The van der Waals surface area contributed by atoms with Gasteiger partial charge in [0.15, 0.2) is 0 Å². The van der Waals surface area contributed by atoms with Crippen molar-refractivity contribution in [3.05, 3.63) is 33.8 Å². The highest BCUT2D eigenvalue weighted by atomic mass is 79.9. The molecule has 1 aromatic rings. The Kier molecular flexibility index (Phi) is 4.93. The van der Waals surface area contributed by atoms with Gasteiger partial charge < -0.3 is 10.6 Å². The molecule has 100 valence electrons. The third-order valence-corrected chi connectivity index (χ3v) is 3.86. The maximum absolute atomic E-state index is 12.3. The van der Waals surface area contributed by atoms with Crippen LogP contribution in [0.2, 0.25) is 0 Å². The number of carbonyl (C=O) groups excluding carboxylic acids is 1. The van der Waals surface area contributed by atoms with Gasteiger partial charge in [-0.1, -0.05) is 29.8 Å². The Morgan fingerprint density at radius 1 is 1.44 bits per heavy atom. The lowest BCUT2D eigenvalue weighted by molar-refractivity contribution is 0.0740. The third-order valence-electron chi connectivity index (χ3n) is 2.97. The van der Waals surface area contributed by atoms with Gasteiger partial charge in [-0.2, -0.15) is 0 Å². The van der Waals surface area contributed by atoms with Crippen molar-refractivity contribution in [3.63, 3.8) is 0 Å². The lowest BCUT2D eigenvalue weighted by Crippen LogP contribution is -2.39. The van der Waals surface area contributed by atoms with E-state index in [1.165, 1.54) is 0 Å². The van der Waals surface area contributed by atoms with Crippen LogP contribution in [0.3, 0.4) is 0 Å². The molecule has 0 fully saturated rings. The van der Waals surface area contributed by atoms with E-state index < -0.39 is 0 Å². The summed E-state index contributed by atoms with van der Waals surface area (Å²) in [6.45, 7) is 7.30. The standard InChI is InChI=1S/C14H21BrN2O/c1-10-7-11(5-6-12(10)15)13(18)17(4)9-14(2,3)8-16/h5-7H,8-9,16H2,1-4H3. The highest BCUT2D eigenvalue weighted by Gasteiger charge is 2.22. The highest BCUT2D eigenvalue weighted by molar-refractivity contribution is 9.10. The summed E-state index contributed by atoms with van der Waals surface area (Å²) in [5.41, 5.74) is 7.41. The lowest BCUT2D eigenvalue weighted by atomic mass is 9.93. The maximum atomic E-state index is 12.3. The van der Waals surface area contributed by atoms with Gasteiger partial charge >= 0.3 is 0 Å². The summed E-state index contributed by atoms with van der Waals surface area (Å²) in [6.07, 6.45) is 0. The van der Waals surface area contributed by atoms with Gasteiger partial charge in [-0.05, 0) is 42.6 Å². The molecule has 0 heterocycles. The number of rotatable bonds is 4. The predicted molar refractivity (Wildman–Crippen MR) is 78.7 cm³/mol. The van der Waals surface area contributed by atoms with Crippen LogP contribution in [-0.4, -0.2) is 30.9 Å². The van der Waals surface area contributed by atoms with E-state index in [1.54, 1.807) is 4.90 Å². The number of nitrogens with zero attached hydrogens (tertiary/aromatic N) is 1. The molecule has 0 radical (unpaired) electrons. The smallest absolute Gasteiger partial charge is 0.253 e. The molecule has 0 aliphatic carbocycles. The second-order valence-corrected chi connectivity index (χ2v) is 6.35. The zero-order valence-electron chi connectivity index (χ0n) is 11.5. The molecular formula is C14H21BrN2O. The summed E-state index contributed by atoms with van der Waals surface area (Å²) in [4.78, 5) is 14.0. The first kappa shape index (κ1) is 15.2. The van der Waals surface area contributed by atoms with Crippen LogP contribution < -0.4 is 5.73 Å². The van der Waals surface area contributed by atoms with Crippen LogP contribution in [0.15, 0.2) is 22.7 Å². The molecule has 0 atom stereocenters. The summed E-state index contributed by atoms with van der Waals surface area (Å²) >= 11 is 3.43. The fourth-order valence-corrected chi connectivity index (χ4v) is 2.02. The first-order valence-corrected chi connectivity index (χ1v) is 6.78. The number of halogens is 1. The Labute approximate surface area is 117 Å². The summed E-state index contributed by atoms with van der Waals surface area (Å²) in [5, 5.41) is 0. The van der Waals surface area contributed by atoms with Gasteiger partial charge in [0.25, 0.3) is 5.91 Å². The second-order valence-electron chi connectivity index (χ2n) is 5.49. The monoisotopic (exact) mass is 312 g/mol. The van der Waals surface area contributed by atoms with E-state index in [1.807, 2.05) is 32.2 Å². The zero-order chi connectivity index (χ0) is 13.9. The predicted octanol–water partition coefficient (Wildman–Crippen LogP) is 2.81. The first-order valence-electron chi connectivity index (χ1n) is 5.98. The van der Waals surface area contributed by atoms with Gasteiger partial charge in [-0.25, -0.2) is 0 Å². The van der Waals surface area contributed by atoms with E-state index in [-0.39, 0.29) is 11.3 Å². The Morgan fingerprint density at radius 3 is 2.56 bits per heavy atom. The molecule has 0 aromatic heterocycles. The molecule has 0 unspecified atom stereocenters. The van der Waals surface area contributed by atoms with E-state index in [2.05, 4.69) is 29.8 Å². The van der Waals surface area contributed by atoms with Gasteiger partial charge in [0.1, 0.15) is 0 Å². The van der Waals surface area contributed by atoms with E-state index >= 15 is 0 Å². The number of benzene rings is 1. The molecule has 1 amide bonds. The van der Waals surface area contributed by atoms with Gasteiger partial charge in [0.2, 0.25) is 0 Å². The summed E-state index contributed by atoms with van der Waals surface area (Å²) in [7, 11) is 1.82. The van der Waals surface area contributed by atoms with E-state index in [0.29, 0.717) is 18.7 Å². The van der Waals surface area contributed by atoms with Crippen molar-refractivity contribution >= 4 is 21.8 Å². The van der Waals surface area contributed by atoms with E-state index in [0.717, 1.165) is 10.0 Å². The van der Waals surface area contributed by atoms with Gasteiger partial charge in [-0.3, -0.25) is 4.79 Å². The number of nitrogens with two attached hydrogens (primary N) is 1. The third kappa shape index (κ3) is 3.82. The minimum absolute atomic E-state index is 0.0344. The fourth-order valence-electron chi connectivity index (χ4n) is 1.78. The average molecular weight is 313 g/mol. The molecule has 3 nitrogen and oxygen atoms in total. The van der Waals surface area contributed by atoms with Crippen molar-refractivity contribution in [2.24, 2.45) is 11.1 Å². The topological polar surface area (TPSA) is 46.3 Å². The van der Waals surface area contributed by atoms with Crippen molar-refractivity contribution in [3.8, 4) is 0 Å². The quantitative estimate of drug-likeness (QED) is 0.929. The number of aryl methyl sites for hydroxylation is 1. The molecule has 0 bridgehead atoms. The van der Waals surface area contributed by atoms with E-state index in [4.69, 9.17) is 5.73 Å². The molecule has 0 saturated heterocycles. The van der Waals surface area contributed by atoms with Crippen LogP contribution in [0.1, 0.15) is 29.8 Å². The van der Waals surface area contributed by atoms with Crippen LogP contribution in [0, 0.1) is 12.3 Å². The lowest BCUT2D eigenvalue weighted by Gasteiger charge is -2.29. The van der Waals surface area contributed by atoms with Crippen molar-refractivity contribution < 1.29 is 4.79 Å². The largest absolute Gasteiger partial charge is 0.341 e. The van der Waals surface area contributed by atoms with Crippen molar-refractivity contribution in [2.75, 3.05) is 20.1 Å². The van der Waals surface area contributed by atoms with Crippen molar-refractivity contribution in [1.82, 2.24) is 4.90 Å². The molecule has 1 rings (SSSR count). The molecule has 0 spiro atoms. The molecule has 18 heavy (non-hydrogen) atoms. The van der Waals surface area contributed by atoms with Gasteiger partial charge in [-0.15, -0.1) is 0 Å². The van der Waals surface area contributed by atoms with Crippen LogP contribution >= 0.6 is 15.9 Å². The Morgan fingerprint density at radius 2 is 2.06 bits per heavy atom. The average Bonchev–Trinajstić information content (AvgIpc) is 2.31. The highest BCUT2D eigenvalue weighted by Crippen LogP contribution is 2.19. The molecule has 0 saturated carbocycles. The molecule has 2 N–H and O–H groups in total. The van der Waals surface area contributed by atoms with Gasteiger partial charge in [0.05, 0.1) is 0 Å². The van der Waals surface area contributed by atoms with Crippen LogP contribution in [0.25, 0.3) is 0 Å². The summed E-state index contributed by atoms with van der Waals surface area (Å²) in [6, 6.07) is 5.65. The molecule has 1 aromatic carbocycles. The molecular weight excluding hydrogens is 292 g/mol. The van der Waals surface area contributed by atoms with Crippen molar-refractivity contribution in [2.45, 2.75) is 20.8 Å². The normalized spacial score (nSPS) is 11.4. The first-order chi connectivity index (χ1) is 8.26. The number of amides is 1. The molecule has 4 heteroatoms. The number of carbonyl (C=O) groups is 1. The summed E-state index contributed by atoms with van der Waals surface area (Å²) in [5.74, 6) is 0.0344. The van der Waals surface area contributed by atoms with Crippen LogP contribution in [0.5, 0.6) is 0 Å². The minimum Gasteiger partial charge on any atom is -0.341 e. The van der Waals surface area contributed by atoms with Crippen LogP contribution in [-0.2, 0) is 0 Å². The van der Waals surface area contributed by atoms with Gasteiger partial charge in [0, 0.05) is 23.6 Å². The van der Waals surface area contributed by atoms with Crippen molar-refractivity contribution in [1.29, 1.82) is 0 Å². The minimum atomic E-state index is -0.0607. The maximum Gasteiger partial charge on any atom is 0.253 e. The summed E-state index contributed by atoms with van der Waals surface area (Å²) < 4.78 is 1.02. The number of hydrogen-bond donors (Lipinski definition) is 1. The Hall–Kier alpha value is -0.870. The fraction of sp³-hybridized carbons (Fsp3) is 0.500. The Balaban J connectivity index is 2.83. The van der Waals surface area contributed by atoms with E-state index in [9.17, 15) is 4.79 Å². The number of hydrogen-bond acceptors (Lipinski definition) is 2.